The van der Waals surface area contributed by atoms with E-state index in [1.54, 1.807) is 16.7 Å². The van der Waals surface area contributed by atoms with E-state index in [2.05, 4.69) is 10.3 Å². The fourth-order valence-electron chi connectivity index (χ4n) is 1.87. The van der Waals surface area contributed by atoms with E-state index in [-0.39, 0.29) is 5.91 Å². The molecule has 0 radical (unpaired) electrons. The van der Waals surface area contributed by atoms with Crippen molar-refractivity contribution in [3.05, 3.63) is 22.2 Å². The lowest BCUT2D eigenvalue weighted by atomic mass is 10.3. The number of carbonyl (C=O) groups excluding carboxylic acids is 1. The first-order chi connectivity index (χ1) is 9.02. The maximum atomic E-state index is 11.5. The van der Waals surface area contributed by atoms with Crippen LogP contribution in [0.25, 0.3) is 11.0 Å². The minimum absolute atomic E-state index is 0.0242. The number of benzene rings is 1. The fraction of sp³-hybridized carbons (Fsp3) is 0.333. The van der Waals surface area contributed by atoms with Crippen molar-refractivity contribution in [3.63, 3.8) is 0 Å². The second kappa shape index (κ2) is 5.67. The van der Waals surface area contributed by atoms with E-state index in [9.17, 15) is 4.79 Å². The predicted octanol–water partition coefficient (Wildman–Crippen LogP) is 2.45. The zero-order valence-electron chi connectivity index (χ0n) is 10.4. The Morgan fingerprint density at radius 1 is 1.42 bits per heavy atom. The summed E-state index contributed by atoms with van der Waals surface area (Å²) >= 11 is 11.9. The van der Waals surface area contributed by atoms with Gasteiger partial charge in [0.05, 0.1) is 21.1 Å². The molecule has 102 valence electrons. The van der Waals surface area contributed by atoms with Gasteiger partial charge in [0, 0.05) is 19.5 Å². The summed E-state index contributed by atoms with van der Waals surface area (Å²) in [6.07, 6.45) is 0.337. The number of nitrogens with zero attached hydrogens (tertiary/aromatic N) is 2. The highest BCUT2D eigenvalue weighted by Gasteiger charge is 2.12. The van der Waals surface area contributed by atoms with Crippen LogP contribution in [0.5, 0.6) is 0 Å². The maximum absolute atomic E-state index is 11.5. The first-order valence-electron chi connectivity index (χ1n) is 5.90. The first-order valence-corrected chi connectivity index (χ1v) is 6.66. The fourth-order valence-corrected chi connectivity index (χ4v) is 2.19. The molecule has 0 spiro atoms. The maximum Gasteiger partial charge on any atom is 0.221 e. The number of nitrogen functional groups attached to an aromatic ring is 1. The van der Waals surface area contributed by atoms with Gasteiger partial charge in [0.25, 0.3) is 0 Å². The standard InChI is InChI=1S/C12H14Cl2N4O/c1-2-16-11(19)3-4-18-10-6-8(14)7(13)5-9(10)17-12(18)15/h5-6H,2-4H2,1H3,(H2,15,17)(H,16,19). The van der Waals surface area contributed by atoms with Crippen LogP contribution in [-0.2, 0) is 11.3 Å². The van der Waals surface area contributed by atoms with E-state index in [1.807, 2.05) is 6.92 Å². The number of rotatable bonds is 4. The van der Waals surface area contributed by atoms with Gasteiger partial charge in [-0.15, -0.1) is 0 Å². The minimum Gasteiger partial charge on any atom is -0.369 e. The van der Waals surface area contributed by atoms with E-state index in [4.69, 9.17) is 28.9 Å². The second-order valence-electron chi connectivity index (χ2n) is 4.08. The molecule has 0 fully saturated rings. The van der Waals surface area contributed by atoms with Gasteiger partial charge in [-0.25, -0.2) is 4.98 Å². The van der Waals surface area contributed by atoms with Crippen molar-refractivity contribution >= 4 is 46.1 Å². The molecule has 3 N–H and O–H groups in total. The lowest BCUT2D eigenvalue weighted by Crippen LogP contribution is -2.24. The molecular weight excluding hydrogens is 287 g/mol. The molecule has 0 aliphatic heterocycles. The van der Waals surface area contributed by atoms with Gasteiger partial charge >= 0.3 is 0 Å². The summed E-state index contributed by atoms with van der Waals surface area (Å²) in [5, 5.41) is 3.61. The number of halogens is 2. The number of imidazole rings is 1. The molecule has 0 unspecified atom stereocenters. The number of anilines is 1. The largest absolute Gasteiger partial charge is 0.369 e. The van der Waals surface area contributed by atoms with Crippen LogP contribution < -0.4 is 11.1 Å². The molecule has 7 heteroatoms. The van der Waals surface area contributed by atoms with Crippen LogP contribution in [0.1, 0.15) is 13.3 Å². The monoisotopic (exact) mass is 300 g/mol. The lowest BCUT2D eigenvalue weighted by Gasteiger charge is -2.07. The van der Waals surface area contributed by atoms with Crippen LogP contribution in [0.3, 0.4) is 0 Å². The summed E-state index contributed by atoms with van der Waals surface area (Å²) in [5.41, 5.74) is 7.29. The molecular formula is C12H14Cl2N4O. The Morgan fingerprint density at radius 2 is 2.11 bits per heavy atom. The van der Waals surface area contributed by atoms with Gasteiger partial charge in [-0.2, -0.15) is 0 Å². The van der Waals surface area contributed by atoms with Crippen LogP contribution in [0.4, 0.5) is 5.95 Å². The number of hydrogen-bond acceptors (Lipinski definition) is 3. The van der Waals surface area contributed by atoms with Gasteiger partial charge < -0.3 is 15.6 Å². The van der Waals surface area contributed by atoms with E-state index in [0.717, 1.165) is 5.52 Å². The Bertz CT molecular complexity index is 624. The van der Waals surface area contributed by atoms with E-state index in [0.29, 0.717) is 41.0 Å². The smallest absolute Gasteiger partial charge is 0.221 e. The van der Waals surface area contributed by atoms with Gasteiger partial charge in [0.1, 0.15) is 0 Å². The van der Waals surface area contributed by atoms with Crippen molar-refractivity contribution in [2.24, 2.45) is 0 Å². The minimum atomic E-state index is -0.0242. The normalized spacial score (nSPS) is 10.9. The molecule has 1 amide bonds. The Labute approximate surface area is 120 Å². The van der Waals surface area contributed by atoms with Crippen LogP contribution in [0, 0.1) is 0 Å². The van der Waals surface area contributed by atoms with Crippen LogP contribution in [-0.4, -0.2) is 22.0 Å². The van der Waals surface area contributed by atoms with E-state index in [1.165, 1.54) is 0 Å². The van der Waals surface area contributed by atoms with Crippen molar-refractivity contribution in [2.75, 3.05) is 12.3 Å². The van der Waals surface area contributed by atoms with Crippen molar-refractivity contribution in [2.45, 2.75) is 19.9 Å². The van der Waals surface area contributed by atoms with Crippen molar-refractivity contribution in [1.29, 1.82) is 0 Å². The molecule has 19 heavy (non-hydrogen) atoms. The molecule has 1 aromatic carbocycles. The first kappa shape index (κ1) is 14.0. The van der Waals surface area contributed by atoms with Crippen LogP contribution >= 0.6 is 23.2 Å². The summed E-state index contributed by atoms with van der Waals surface area (Å²) in [6, 6.07) is 3.37. The number of aromatic nitrogens is 2. The molecule has 0 aliphatic carbocycles. The lowest BCUT2D eigenvalue weighted by molar-refractivity contribution is -0.121. The highest BCUT2D eigenvalue weighted by molar-refractivity contribution is 6.42. The molecule has 0 aliphatic rings. The summed E-state index contributed by atoms with van der Waals surface area (Å²) in [4.78, 5) is 15.7. The third kappa shape index (κ3) is 2.93. The average Bonchev–Trinajstić information content (AvgIpc) is 2.63. The van der Waals surface area contributed by atoms with Crippen molar-refractivity contribution in [1.82, 2.24) is 14.9 Å². The molecule has 0 bridgehead atoms. The van der Waals surface area contributed by atoms with Gasteiger partial charge in [-0.1, -0.05) is 23.2 Å². The third-order valence-electron chi connectivity index (χ3n) is 2.76. The van der Waals surface area contributed by atoms with Crippen LogP contribution in [0.2, 0.25) is 10.0 Å². The summed E-state index contributed by atoms with van der Waals surface area (Å²) in [6.45, 7) is 2.94. The Morgan fingerprint density at radius 3 is 2.79 bits per heavy atom. The summed E-state index contributed by atoms with van der Waals surface area (Å²) in [7, 11) is 0. The number of fused-ring (bicyclic) bond motifs is 1. The number of carbonyl (C=O) groups is 1. The Balaban J connectivity index is 2.30. The SMILES string of the molecule is CCNC(=O)CCn1c(N)nc2cc(Cl)c(Cl)cc21. The summed E-state index contributed by atoms with van der Waals surface area (Å²) in [5.74, 6) is 0.321. The molecule has 2 aromatic rings. The zero-order valence-corrected chi connectivity index (χ0v) is 11.9. The number of hydrogen-bond donors (Lipinski definition) is 2. The summed E-state index contributed by atoms with van der Waals surface area (Å²) < 4.78 is 1.76. The number of nitrogens with two attached hydrogens (primary N) is 1. The Kier molecular flexibility index (Phi) is 4.17. The Hall–Kier alpha value is -1.46. The molecule has 0 saturated carbocycles. The quantitative estimate of drug-likeness (QED) is 0.911. The van der Waals surface area contributed by atoms with Crippen LogP contribution in [0.15, 0.2) is 12.1 Å². The van der Waals surface area contributed by atoms with Gasteiger partial charge in [-0.3, -0.25) is 4.79 Å². The van der Waals surface area contributed by atoms with Crippen molar-refractivity contribution < 1.29 is 4.79 Å². The molecule has 2 rings (SSSR count). The average molecular weight is 301 g/mol. The van der Waals surface area contributed by atoms with Gasteiger partial charge in [-0.05, 0) is 19.1 Å². The predicted molar refractivity (Wildman–Crippen MR) is 77.5 cm³/mol. The van der Waals surface area contributed by atoms with E-state index < -0.39 is 0 Å². The van der Waals surface area contributed by atoms with E-state index >= 15 is 0 Å². The van der Waals surface area contributed by atoms with Gasteiger partial charge in [0.15, 0.2) is 0 Å². The molecule has 0 atom stereocenters. The number of aryl methyl sites for hydroxylation is 1. The molecule has 0 saturated heterocycles. The third-order valence-corrected chi connectivity index (χ3v) is 3.48. The number of nitrogens with one attached hydrogen (secondary N) is 1. The second-order valence-corrected chi connectivity index (χ2v) is 4.89. The van der Waals surface area contributed by atoms with Crippen molar-refractivity contribution in [3.8, 4) is 0 Å². The number of amides is 1. The highest BCUT2D eigenvalue weighted by atomic mass is 35.5. The topological polar surface area (TPSA) is 72.9 Å². The van der Waals surface area contributed by atoms with Gasteiger partial charge in [0.2, 0.25) is 11.9 Å². The molecule has 5 nitrogen and oxygen atoms in total. The zero-order chi connectivity index (χ0) is 14.0. The highest BCUT2D eigenvalue weighted by Crippen LogP contribution is 2.29. The molecule has 1 aromatic heterocycles. The molecule has 1 heterocycles.